The maximum atomic E-state index is 11.4. The first kappa shape index (κ1) is 14.8. The van der Waals surface area contributed by atoms with Crippen LogP contribution >= 0.6 is 10.7 Å². The Labute approximate surface area is 119 Å². The third-order valence-corrected chi connectivity index (χ3v) is 4.84. The Kier molecular flexibility index (Phi) is 4.84. The van der Waals surface area contributed by atoms with Crippen LogP contribution in [0.15, 0.2) is 30.3 Å². The van der Waals surface area contributed by atoms with Crippen molar-refractivity contribution in [3.8, 4) is 0 Å². The highest BCUT2D eigenvalue weighted by atomic mass is 35.7. The first-order valence-electron chi connectivity index (χ1n) is 6.41. The highest BCUT2D eigenvalue weighted by Crippen LogP contribution is 2.16. The molecule has 106 valence electrons. The fourth-order valence-corrected chi connectivity index (χ4v) is 3.57. The van der Waals surface area contributed by atoms with Crippen LogP contribution in [0.4, 0.5) is 0 Å². The van der Waals surface area contributed by atoms with Crippen molar-refractivity contribution >= 4 is 19.9 Å². The van der Waals surface area contributed by atoms with Crippen LogP contribution in [0.5, 0.6) is 0 Å². The van der Waals surface area contributed by atoms with E-state index in [2.05, 4.69) is 24.0 Å². The molecule has 0 N–H and O–H groups in total. The maximum Gasteiger partial charge on any atom is 0.299 e. The molecular weight excluding hydrogens is 284 g/mol. The molecule has 4 nitrogen and oxygen atoms in total. The van der Waals surface area contributed by atoms with Gasteiger partial charge in [-0.3, -0.25) is 4.90 Å². The Bertz CT molecular complexity index is 507. The van der Waals surface area contributed by atoms with E-state index in [1.807, 2.05) is 18.2 Å². The summed E-state index contributed by atoms with van der Waals surface area (Å²) < 4.78 is 24.2. The minimum Gasteiger partial charge on any atom is -0.297 e. The zero-order valence-corrected chi connectivity index (χ0v) is 12.6. The molecule has 0 bridgehead atoms. The van der Waals surface area contributed by atoms with Crippen LogP contribution < -0.4 is 0 Å². The van der Waals surface area contributed by atoms with Crippen LogP contribution in [0.25, 0.3) is 0 Å². The minimum absolute atomic E-state index is 0.278. The van der Waals surface area contributed by atoms with Crippen molar-refractivity contribution < 1.29 is 8.42 Å². The maximum absolute atomic E-state index is 11.4. The molecule has 1 aromatic carbocycles. The summed E-state index contributed by atoms with van der Waals surface area (Å²) in [5.41, 5.74) is 1.25. The van der Waals surface area contributed by atoms with Crippen molar-refractivity contribution in [1.82, 2.24) is 9.21 Å². The number of benzene rings is 1. The molecule has 0 aliphatic carbocycles. The fourth-order valence-electron chi connectivity index (χ4n) is 2.46. The van der Waals surface area contributed by atoms with Crippen LogP contribution in [0.1, 0.15) is 12.5 Å². The zero-order valence-electron chi connectivity index (χ0n) is 11.0. The Morgan fingerprint density at radius 2 is 1.89 bits per heavy atom. The van der Waals surface area contributed by atoms with Gasteiger partial charge in [-0.2, -0.15) is 12.7 Å². The second-order valence-electron chi connectivity index (χ2n) is 5.13. The topological polar surface area (TPSA) is 40.6 Å². The molecule has 1 aliphatic rings. The third kappa shape index (κ3) is 4.45. The van der Waals surface area contributed by atoms with Crippen molar-refractivity contribution in [1.29, 1.82) is 0 Å². The Hall–Kier alpha value is -0.620. The van der Waals surface area contributed by atoms with Crippen LogP contribution in [0, 0.1) is 5.92 Å². The lowest BCUT2D eigenvalue weighted by molar-refractivity contribution is 0.256. The summed E-state index contributed by atoms with van der Waals surface area (Å²) in [7, 11) is 1.84. The number of rotatable bonds is 3. The van der Waals surface area contributed by atoms with Crippen molar-refractivity contribution in [2.24, 2.45) is 5.92 Å². The first-order chi connectivity index (χ1) is 8.95. The van der Waals surface area contributed by atoms with Gasteiger partial charge in [-0.1, -0.05) is 37.3 Å². The number of halogens is 1. The average Bonchev–Trinajstić information content (AvgIpc) is 2.51. The second-order valence-corrected chi connectivity index (χ2v) is 7.64. The molecule has 1 saturated heterocycles. The summed E-state index contributed by atoms with van der Waals surface area (Å²) in [6, 6.07) is 10.2. The van der Waals surface area contributed by atoms with Gasteiger partial charge < -0.3 is 0 Å². The Morgan fingerprint density at radius 1 is 1.21 bits per heavy atom. The summed E-state index contributed by atoms with van der Waals surface area (Å²) in [6.45, 7) is 5.46. The Balaban J connectivity index is 2.01. The minimum atomic E-state index is -3.60. The van der Waals surface area contributed by atoms with Crippen LogP contribution in [-0.2, 0) is 15.8 Å². The van der Waals surface area contributed by atoms with Crippen molar-refractivity contribution in [3.05, 3.63) is 35.9 Å². The molecule has 0 amide bonds. The summed E-state index contributed by atoms with van der Waals surface area (Å²) in [6.07, 6.45) is 0. The van der Waals surface area contributed by atoms with E-state index < -0.39 is 9.24 Å². The Morgan fingerprint density at radius 3 is 2.53 bits per heavy atom. The van der Waals surface area contributed by atoms with E-state index >= 15 is 0 Å². The van der Waals surface area contributed by atoms with Crippen molar-refractivity contribution in [2.45, 2.75) is 13.5 Å². The largest absolute Gasteiger partial charge is 0.299 e. The second kappa shape index (κ2) is 6.22. The molecule has 0 saturated carbocycles. The molecule has 6 heteroatoms. The molecule has 19 heavy (non-hydrogen) atoms. The third-order valence-electron chi connectivity index (χ3n) is 3.31. The first-order valence-corrected chi connectivity index (χ1v) is 8.68. The number of hydrogen-bond donors (Lipinski definition) is 0. The van der Waals surface area contributed by atoms with Gasteiger partial charge in [0, 0.05) is 43.4 Å². The molecule has 1 aromatic rings. The average molecular weight is 303 g/mol. The lowest BCUT2D eigenvalue weighted by atomic mass is 10.1. The molecule has 0 spiro atoms. The van der Waals surface area contributed by atoms with Crippen LogP contribution in [-0.4, -0.2) is 43.8 Å². The predicted octanol–water partition coefficient (Wildman–Crippen LogP) is 1.92. The molecular formula is C13H19ClN2O2S. The number of nitrogens with zero attached hydrogens (tertiary/aromatic N) is 2. The van der Waals surface area contributed by atoms with Crippen LogP contribution in [0.3, 0.4) is 0 Å². The predicted molar refractivity (Wildman–Crippen MR) is 77.2 cm³/mol. The van der Waals surface area contributed by atoms with Gasteiger partial charge in [0.1, 0.15) is 0 Å². The van der Waals surface area contributed by atoms with Crippen LogP contribution in [0.2, 0.25) is 0 Å². The van der Waals surface area contributed by atoms with E-state index in [4.69, 9.17) is 10.7 Å². The normalized spacial score (nSPS) is 23.2. The number of hydrogen-bond acceptors (Lipinski definition) is 3. The highest BCUT2D eigenvalue weighted by molar-refractivity contribution is 8.11. The SMILES string of the molecule is CC1CN(Cc2ccccc2)CCN(S(=O)(=O)Cl)C1. The van der Waals surface area contributed by atoms with Gasteiger partial charge in [-0.15, -0.1) is 0 Å². The van der Waals surface area contributed by atoms with Gasteiger partial charge in [0.25, 0.3) is 9.24 Å². The molecule has 1 heterocycles. The monoisotopic (exact) mass is 302 g/mol. The molecule has 0 aromatic heterocycles. The van der Waals surface area contributed by atoms with E-state index in [1.54, 1.807) is 0 Å². The molecule has 1 fully saturated rings. The van der Waals surface area contributed by atoms with Gasteiger partial charge in [0.05, 0.1) is 0 Å². The van der Waals surface area contributed by atoms with Gasteiger partial charge in [0.15, 0.2) is 0 Å². The lowest BCUT2D eigenvalue weighted by Crippen LogP contribution is -2.32. The molecule has 2 rings (SSSR count). The van der Waals surface area contributed by atoms with E-state index in [0.717, 1.165) is 13.1 Å². The quantitative estimate of drug-likeness (QED) is 0.801. The van der Waals surface area contributed by atoms with E-state index in [-0.39, 0.29) is 5.92 Å². The van der Waals surface area contributed by atoms with Crippen molar-refractivity contribution in [3.63, 3.8) is 0 Å². The summed E-state index contributed by atoms with van der Waals surface area (Å²) in [5.74, 6) is 0.278. The molecule has 0 radical (unpaired) electrons. The smallest absolute Gasteiger partial charge is 0.297 e. The lowest BCUT2D eigenvalue weighted by Gasteiger charge is -2.21. The standard InChI is InChI=1S/C13H19ClN2O2S/c1-12-9-15(11-13-5-3-2-4-6-13)7-8-16(10-12)19(14,17)18/h2-6,12H,7-11H2,1H3. The zero-order chi connectivity index (χ0) is 13.9. The van der Waals surface area contributed by atoms with Gasteiger partial charge >= 0.3 is 0 Å². The van der Waals surface area contributed by atoms with Gasteiger partial charge in [-0.05, 0) is 11.5 Å². The fraction of sp³-hybridized carbons (Fsp3) is 0.538. The summed E-state index contributed by atoms with van der Waals surface area (Å²) >= 11 is 0. The van der Waals surface area contributed by atoms with Crippen molar-refractivity contribution in [2.75, 3.05) is 26.2 Å². The van der Waals surface area contributed by atoms with E-state index in [0.29, 0.717) is 19.6 Å². The summed E-state index contributed by atoms with van der Waals surface area (Å²) in [4.78, 5) is 2.28. The van der Waals surface area contributed by atoms with Gasteiger partial charge in [-0.25, -0.2) is 0 Å². The molecule has 1 atom stereocenters. The van der Waals surface area contributed by atoms with Gasteiger partial charge in [0.2, 0.25) is 0 Å². The summed E-state index contributed by atoms with van der Waals surface area (Å²) in [5, 5.41) is 0. The molecule has 1 unspecified atom stereocenters. The highest BCUT2D eigenvalue weighted by Gasteiger charge is 2.26. The van der Waals surface area contributed by atoms with E-state index in [9.17, 15) is 8.42 Å². The van der Waals surface area contributed by atoms with E-state index in [1.165, 1.54) is 9.87 Å². The molecule has 1 aliphatic heterocycles.